The van der Waals surface area contributed by atoms with Crippen molar-refractivity contribution >= 4 is 11.9 Å². The standard InChI is InChI=1S/C45H86O5/c1-4-7-10-13-16-18-20-21-22-23-24-25-27-28-30-32-35-38-44(46)49-42-43(41-48-40-37-34-15-12-9-6-3)50-45(47)39-36-33-31-29-26-19-17-14-11-8-5-2/h21-22,43H,4-20,23-42H2,1-3H3/b22-21-. The van der Waals surface area contributed by atoms with E-state index in [9.17, 15) is 9.59 Å². The van der Waals surface area contributed by atoms with Crippen LogP contribution in [0.2, 0.25) is 0 Å². The molecule has 1 unspecified atom stereocenters. The van der Waals surface area contributed by atoms with E-state index < -0.39 is 6.10 Å². The molecular weight excluding hydrogens is 620 g/mol. The van der Waals surface area contributed by atoms with Crippen LogP contribution in [0.25, 0.3) is 0 Å². The average molecular weight is 707 g/mol. The Morgan fingerprint density at radius 1 is 0.420 bits per heavy atom. The summed E-state index contributed by atoms with van der Waals surface area (Å²) >= 11 is 0. The smallest absolute Gasteiger partial charge is 0.306 e. The van der Waals surface area contributed by atoms with Crippen LogP contribution >= 0.6 is 0 Å². The Morgan fingerprint density at radius 3 is 1.22 bits per heavy atom. The molecule has 0 aromatic rings. The zero-order chi connectivity index (χ0) is 36.4. The molecule has 0 aromatic carbocycles. The van der Waals surface area contributed by atoms with Gasteiger partial charge in [-0.3, -0.25) is 9.59 Å². The lowest BCUT2D eigenvalue weighted by atomic mass is 10.1. The van der Waals surface area contributed by atoms with Gasteiger partial charge in [0.2, 0.25) is 0 Å². The maximum Gasteiger partial charge on any atom is 0.306 e. The van der Waals surface area contributed by atoms with Crippen molar-refractivity contribution in [3.8, 4) is 0 Å². The zero-order valence-electron chi connectivity index (χ0n) is 33.9. The summed E-state index contributed by atoms with van der Waals surface area (Å²) in [6.45, 7) is 7.80. The molecule has 0 aliphatic carbocycles. The Labute approximate surface area is 312 Å². The van der Waals surface area contributed by atoms with E-state index in [-0.39, 0.29) is 18.5 Å². The normalized spacial score (nSPS) is 12.1. The van der Waals surface area contributed by atoms with E-state index in [0.717, 1.165) is 38.5 Å². The summed E-state index contributed by atoms with van der Waals surface area (Å²) < 4.78 is 17.2. The van der Waals surface area contributed by atoms with Gasteiger partial charge < -0.3 is 14.2 Å². The number of carbonyl (C=O) groups is 2. The molecule has 0 N–H and O–H groups in total. The van der Waals surface area contributed by atoms with Crippen LogP contribution in [0.5, 0.6) is 0 Å². The molecule has 0 bridgehead atoms. The molecule has 5 heteroatoms. The summed E-state index contributed by atoms with van der Waals surface area (Å²) in [6, 6.07) is 0. The number of unbranched alkanes of at least 4 members (excludes halogenated alkanes) is 28. The Hall–Kier alpha value is -1.36. The van der Waals surface area contributed by atoms with Gasteiger partial charge in [0.25, 0.3) is 0 Å². The Balaban J connectivity index is 4.06. The monoisotopic (exact) mass is 707 g/mol. The molecule has 1 atom stereocenters. The predicted molar refractivity (Wildman–Crippen MR) is 215 cm³/mol. The fourth-order valence-electron chi connectivity index (χ4n) is 6.45. The number of carbonyl (C=O) groups excluding carboxylic acids is 2. The second-order valence-corrected chi connectivity index (χ2v) is 15.0. The zero-order valence-corrected chi connectivity index (χ0v) is 33.9. The average Bonchev–Trinajstić information content (AvgIpc) is 3.11. The van der Waals surface area contributed by atoms with Gasteiger partial charge in [0.15, 0.2) is 6.10 Å². The molecule has 0 aliphatic rings. The van der Waals surface area contributed by atoms with Crippen molar-refractivity contribution in [2.75, 3.05) is 19.8 Å². The molecule has 5 nitrogen and oxygen atoms in total. The Kier molecular flexibility index (Phi) is 40.9. The van der Waals surface area contributed by atoms with Crippen molar-refractivity contribution in [1.29, 1.82) is 0 Å². The fraction of sp³-hybridized carbons (Fsp3) is 0.911. The number of allylic oxidation sites excluding steroid dienone is 2. The highest BCUT2D eigenvalue weighted by atomic mass is 16.6. The van der Waals surface area contributed by atoms with Gasteiger partial charge in [-0.15, -0.1) is 0 Å². The largest absolute Gasteiger partial charge is 0.462 e. The molecule has 0 amide bonds. The predicted octanol–water partition coefficient (Wildman–Crippen LogP) is 14.3. The highest BCUT2D eigenvalue weighted by Gasteiger charge is 2.17. The van der Waals surface area contributed by atoms with Gasteiger partial charge in [-0.05, 0) is 44.9 Å². The number of ether oxygens (including phenoxy) is 3. The molecular formula is C45H86O5. The summed E-state index contributed by atoms with van der Waals surface area (Å²) in [6.07, 6.45) is 45.0. The van der Waals surface area contributed by atoms with E-state index in [4.69, 9.17) is 14.2 Å². The van der Waals surface area contributed by atoms with E-state index in [0.29, 0.717) is 26.1 Å². The lowest BCUT2D eigenvalue weighted by Gasteiger charge is -2.18. The second kappa shape index (κ2) is 42.1. The van der Waals surface area contributed by atoms with Crippen LogP contribution in [0.4, 0.5) is 0 Å². The molecule has 0 aromatic heterocycles. The quantitative estimate of drug-likeness (QED) is 0.0360. The van der Waals surface area contributed by atoms with Gasteiger partial charge >= 0.3 is 11.9 Å². The molecule has 0 spiro atoms. The van der Waals surface area contributed by atoms with Crippen molar-refractivity contribution in [2.45, 2.75) is 245 Å². The van der Waals surface area contributed by atoms with Crippen molar-refractivity contribution in [3.63, 3.8) is 0 Å². The summed E-state index contributed by atoms with van der Waals surface area (Å²) in [5, 5.41) is 0. The Morgan fingerprint density at radius 2 is 0.780 bits per heavy atom. The van der Waals surface area contributed by atoms with Gasteiger partial charge in [0.05, 0.1) is 6.61 Å². The van der Waals surface area contributed by atoms with Gasteiger partial charge in [0, 0.05) is 19.4 Å². The third-order valence-electron chi connectivity index (χ3n) is 9.80. The van der Waals surface area contributed by atoms with Crippen molar-refractivity contribution in [1.82, 2.24) is 0 Å². The van der Waals surface area contributed by atoms with Crippen molar-refractivity contribution in [2.24, 2.45) is 0 Å². The van der Waals surface area contributed by atoms with Crippen LogP contribution in [0.1, 0.15) is 239 Å². The first kappa shape index (κ1) is 48.6. The first-order valence-electron chi connectivity index (χ1n) is 22.2. The maximum atomic E-state index is 12.6. The molecule has 0 heterocycles. The number of esters is 2. The minimum atomic E-state index is -0.523. The minimum Gasteiger partial charge on any atom is -0.462 e. The molecule has 0 saturated heterocycles. The van der Waals surface area contributed by atoms with Crippen molar-refractivity contribution < 1.29 is 23.8 Å². The van der Waals surface area contributed by atoms with Crippen LogP contribution in [-0.2, 0) is 23.8 Å². The van der Waals surface area contributed by atoms with Crippen LogP contribution in [0.15, 0.2) is 12.2 Å². The molecule has 0 saturated carbocycles. The van der Waals surface area contributed by atoms with E-state index in [2.05, 4.69) is 32.9 Å². The van der Waals surface area contributed by atoms with Gasteiger partial charge in [-0.2, -0.15) is 0 Å². The first-order valence-corrected chi connectivity index (χ1v) is 22.2. The van der Waals surface area contributed by atoms with Crippen LogP contribution in [0, 0.1) is 0 Å². The summed E-state index contributed by atoms with van der Waals surface area (Å²) in [4.78, 5) is 25.1. The topological polar surface area (TPSA) is 61.8 Å². The number of hydrogen-bond acceptors (Lipinski definition) is 5. The Bertz CT molecular complexity index is 720. The highest BCUT2D eigenvalue weighted by molar-refractivity contribution is 5.70. The van der Waals surface area contributed by atoms with E-state index in [1.165, 1.54) is 167 Å². The molecule has 296 valence electrons. The highest BCUT2D eigenvalue weighted by Crippen LogP contribution is 2.14. The lowest BCUT2D eigenvalue weighted by molar-refractivity contribution is -0.163. The van der Waals surface area contributed by atoms with Crippen LogP contribution < -0.4 is 0 Å². The van der Waals surface area contributed by atoms with E-state index in [1.807, 2.05) is 0 Å². The maximum absolute atomic E-state index is 12.6. The van der Waals surface area contributed by atoms with Crippen molar-refractivity contribution in [3.05, 3.63) is 12.2 Å². The van der Waals surface area contributed by atoms with E-state index in [1.54, 1.807) is 0 Å². The minimum absolute atomic E-state index is 0.0900. The summed E-state index contributed by atoms with van der Waals surface area (Å²) in [7, 11) is 0. The molecule has 0 rings (SSSR count). The lowest BCUT2D eigenvalue weighted by Crippen LogP contribution is -2.30. The van der Waals surface area contributed by atoms with Crippen LogP contribution in [-0.4, -0.2) is 37.9 Å². The summed E-state index contributed by atoms with van der Waals surface area (Å²) in [5.74, 6) is -0.394. The second-order valence-electron chi connectivity index (χ2n) is 15.0. The molecule has 0 aliphatic heterocycles. The van der Waals surface area contributed by atoms with Crippen LogP contribution in [0.3, 0.4) is 0 Å². The van der Waals surface area contributed by atoms with Gasteiger partial charge in [-0.1, -0.05) is 193 Å². The van der Waals surface area contributed by atoms with Gasteiger partial charge in [-0.25, -0.2) is 0 Å². The fourth-order valence-corrected chi connectivity index (χ4v) is 6.45. The SMILES string of the molecule is CCCCCCCC/C=C\CCCCCCCCCC(=O)OCC(COCCCCCCCC)OC(=O)CCCCCCCCCCCCC. The first-order chi connectivity index (χ1) is 24.6. The number of rotatable bonds is 41. The van der Waals surface area contributed by atoms with Gasteiger partial charge in [0.1, 0.15) is 6.61 Å². The molecule has 50 heavy (non-hydrogen) atoms. The molecule has 0 radical (unpaired) electrons. The molecule has 0 fully saturated rings. The summed E-state index contributed by atoms with van der Waals surface area (Å²) in [5.41, 5.74) is 0. The third-order valence-corrected chi connectivity index (χ3v) is 9.80. The number of hydrogen-bond donors (Lipinski definition) is 0. The third kappa shape index (κ3) is 39.4. The van der Waals surface area contributed by atoms with E-state index >= 15 is 0 Å².